The van der Waals surface area contributed by atoms with Crippen molar-refractivity contribution in [1.29, 1.82) is 0 Å². The number of carbonyl (C=O) groups excluding carboxylic acids is 1. The summed E-state index contributed by atoms with van der Waals surface area (Å²) in [6, 6.07) is 0.860. The Kier molecular flexibility index (Phi) is 6.54. The number of carbonyl (C=O) groups is 1. The first-order chi connectivity index (χ1) is 6.52. The number of hydrogen-bond acceptors (Lipinski definition) is 2. The molecule has 0 saturated heterocycles. The lowest BCUT2D eigenvalue weighted by Crippen LogP contribution is -2.40. The van der Waals surface area contributed by atoms with Crippen LogP contribution in [0.5, 0.6) is 0 Å². The van der Waals surface area contributed by atoms with E-state index in [4.69, 9.17) is 0 Å². The fourth-order valence-electron chi connectivity index (χ4n) is 1.46. The van der Waals surface area contributed by atoms with Gasteiger partial charge in [0.1, 0.15) is 0 Å². The van der Waals surface area contributed by atoms with Crippen LogP contribution >= 0.6 is 0 Å². The van der Waals surface area contributed by atoms with Crippen molar-refractivity contribution in [3.8, 4) is 0 Å². The van der Waals surface area contributed by atoms with E-state index >= 15 is 0 Å². The van der Waals surface area contributed by atoms with Crippen LogP contribution in [-0.2, 0) is 4.79 Å². The quantitative estimate of drug-likeness (QED) is 0.583. The number of likely N-dealkylation sites (N-methyl/N-ethyl adjacent to an activating group) is 1. The Morgan fingerprint density at radius 2 is 1.64 bits per heavy atom. The molecule has 0 aliphatic carbocycles. The lowest BCUT2D eigenvalue weighted by molar-refractivity contribution is -0.119. The summed E-state index contributed by atoms with van der Waals surface area (Å²) in [5.74, 6) is 0. The summed E-state index contributed by atoms with van der Waals surface area (Å²) in [4.78, 5) is 14.9. The highest BCUT2D eigenvalue weighted by molar-refractivity contribution is 5.47. The van der Waals surface area contributed by atoms with Crippen LogP contribution in [0.1, 0.15) is 34.6 Å². The van der Waals surface area contributed by atoms with E-state index in [1.165, 1.54) is 0 Å². The highest BCUT2D eigenvalue weighted by atomic mass is 16.1. The molecular weight excluding hydrogens is 176 g/mol. The third-order valence-corrected chi connectivity index (χ3v) is 2.58. The Morgan fingerprint density at radius 3 is 1.93 bits per heavy atom. The second-order valence-electron chi connectivity index (χ2n) is 4.16. The van der Waals surface area contributed by atoms with Crippen molar-refractivity contribution < 1.29 is 4.79 Å². The van der Waals surface area contributed by atoms with Gasteiger partial charge in [0.15, 0.2) is 0 Å². The molecule has 0 heterocycles. The fraction of sp³-hybridized carbons (Fsp3) is 0.909. The maximum absolute atomic E-state index is 10.7. The van der Waals surface area contributed by atoms with Crippen molar-refractivity contribution in [3.63, 3.8) is 0 Å². The fourth-order valence-corrected chi connectivity index (χ4v) is 1.46. The molecule has 0 fully saturated rings. The molecule has 0 radical (unpaired) electrons. The van der Waals surface area contributed by atoms with Gasteiger partial charge in [0.05, 0.1) is 0 Å². The SMILES string of the molecule is CCN(CCN(C=O)C(C)C)C(C)C. The molecule has 0 aromatic carbocycles. The molecule has 0 aliphatic heterocycles. The van der Waals surface area contributed by atoms with E-state index in [-0.39, 0.29) is 0 Å². The lowest BCUT2D eigenvalue weighted by Gasteiger charge is -2.29. The topological polar surface area (TPSA) is 23.6 Å². The molecule has 3 heteroatoms. The summed E-state index contributed by atoms with van der Waals surface area (Å²) in [6.45, 7) is 13.4. The normalized spacial score (nSPS) is 11.4. The van der Waals surface area contributed by atoms with E-state index in [2.05, 4.69) is 25.7 Å². The molecule has 0 bridgehead atoms. The first kappa shape index (κ1) is 13.4. The minimum atomic E-state index is 0.304. The molecule has 3 nitrogen and oxygen atoms in total. The number of rotatable bonds is 7. The molecular formula is C11H24N2O. The van der Waals surface area contributed by atoms with Gasteiger partial charge in [0.2, 0.25) is 6.41 Å². The molecule has 0 aliphatic rings. The Bertz CT molecular complexity index is 157. The standard InChI is InChI=1S/C11H24N2O/c1-6-12(10(2)3)7-8-13(9-14)11(4)5/h9-11H,6-8H2,1-5H3. The van der Waals surface area contributed by atoms with Crippen molar-refractivity contribution in [2.75, 3.05) is 19.6 Å². The number of nitrogens with zero attached hydrogens (tertiary/aromatic N) is 2. The Balaban J connectivity index is 3.94. The van der Waals surface area contributed by atoms with Crippen molar-refractivity contribution >= 4 is 6.41 Å². The Hall–Kier alpha value is -0.570. The molecule has 0 saturated carbocycles. The summed E-state index contributed by atoms with van der Waals surface area (Å²) in [6.07, 6.45) is 0.943. The zero-order valence-electron chi connectivity index (χ0n) is 10.2. The van der Waals surface area contributed by atoms with Crippen LogP contribution in [0.2, 0.25) is 0 Å². The monoisotopic (exact) mass is 200 g/mol. The summed E-state index contributed by atoms with van der Waals surface area (Å²) in [5, 5.41) is 0. The molecule has 84 valence electrons. The van der Waals surface area contributed by atoms with Crippen LogP contribution in [0, 0.1) is 0 Å². The third-order valence-electron chi connectivity index (χ3n) is 2.58. The molecule has 0 atom stereocenters. The minimum Gasteiger partial charge on any atom is -0.342 e. The molecule has 0 rings (SSSR count). The van der Waals surface area contributed by atoms with E-state index in [1.807, 2.05) is 18.7 Å². The molecule has 0 spiro atoms. The van der Waals surface area contributed by atoms with E-state index in [1.54, 1.807) is 0 Å². The first-order valence-electron chi connectivity index (χ1n) is 5.48. The van der Waals surface area contributed by atoms with Crippen molar-refractivity contribution in [2.45, 2.75) is 46.7 Å². The van der Waals surface area contributed by atoms with Crippen LogP contribution in [0.15, 0.2) is 0 Å². The molecule has 0 unspecified atom stereocenters. The van der Waals surface area contributed by atoms with Crippen LogP contribution in [0.3, 0.4) is 0 Å². The zero-order chi connectivity index (χ0) is 11.1. The molecule has 1 amide bonds. The predicted molar refractivity (Wildman–Crippen MR) is 60.3 cm³/mol. The minimum absolute atomic E-state index is 0.304. The van der Waals surface area contributed by atoms with Gasteiger partial charge in [-0.05, 0) is 34.2 Å². The van der Waals surface area contributed by atoms with Crippen LogP contribution in [0.4, 0.5) is 0 Å². The van der Waals surface area contributed by atoms with Crippen LogP contribution in [0.25, 0.3) is 0 Å². The van der Waals surface area contributed by atoms with Gasteiger partial charge in [0.25, 0.3) is 0 Å². The second-order valence-corrected chi connectivity index (χ2v) is 4.16. The maximum atomic E-state index is 10.7. The smallest absolute Gasteiger partial charge is 0.209 e. The van der Waals surface area contributed by atoms with Gasteiger partial charge in [-0.25, -0.2) is 0 Å². The maximum Gasteiger partial charge on any atom is 0.209 e. The summed E-state index contributed by atoms with van der Waals surface area (Å²) < 4.78 is 0. The highest BCUT2D eigenvalue weighted by Gasteiger charge is 2.10. The Labute approximate surface area is 88.1 Å². The lowest BCUT2D eigenvalue weighted by atomic mass is 10.3. The number of amides is 1. The van der Waals surface area contributed by atoms with Crippen LogP contribution in [-0.4, -0.2) is 47.9 Å². The molecule has 14 heavy (non-hydrogen) atoms. The van der Waals surface area contributed by atoms with E-state index < -0.39 is 0 Å². The van der Waals surface area contributed by atoms with Gasteiger partial charge in [0, 0.05) is 25.2 Å². The third kappa shape index (κ3) is 4.61. The van der Waals surface area contributed by atoms with Crippen molar-refractivity contribution in [2.24, 2.45) is 0 Å². The zero-order valence-corrected chi connectivity index (χ0v) is 10.2. The van der Waals surface area contributed by atoms with Gasteiger partial charge in [-0.15, -0.1) is 0 Å². The largest absolute Gasteiger partial charge is 0.342 e. The van der Waals surface area contributed by atoms with Crippen LogP contribution < -0.4 is 0 Å². The van der Waals surface area contributed by atoms with Gasteiger partial charge in [-0.1, -0.05) is 6.92 Å². The van der Waals surface area contributed by atoms with E-state index in [0.29, 0.717) is 12.1 Å². The molecule has 0 aromatic rings. The number of hydrogen-bond donors (Lipinski definition) is 0. The molecule has 0 aromatic heterocycles. The van der Waals surface area contributed by atoms with E-state index in [0.717, 1.165) is 26.0 Å². The van der Waals surface area contributed by atoms with Gasteiger partial charge < -0.3 is 4.90 Å². The van der Waals surface area contributed by atoms with E-state index in [9.17, 15) is 4.79 Å². The average molecular weight is 200 g/mol. The van der Waals surface area contributed by atoms with Crippen molar-refractivity contribution in [3.05, 3.63) is 0 Å². The second kappa shape index (κ2) is 6.82. The summed E-state index contributed by atoms with van der Waals surface area (Å²) in [7, 11) is 0. The average Bonchev–Trinajstić information content (AvgIpc) is 2.11. The predicted octanol–water partition coefficient (Wildman–Crippen LogP) is 1.58. The highest BCUT2D eigenvalue weighted by Crippen LogP contribution is 1.99. The van der Waals surface area contributed by atoms with Gasteiger partial charge >= 0.3 is 0 Å². The Morgan fingerprint density at radius 1 is 1.07 bits per heavy atom. The van der Waals surface area contributed by atoms with Crippen molar-refractivity contribution in [1.82, 2.24) is 9.80 Å². The first-order valence-corrected chi connectivity index (χ1v) is 5.48. The summed E-state index contributed by atoms with van der Waals surface area (Å²) >= 11 is 0. The summed E-state index contributed by atoms with van der Waals surface area (Å²) in [5.41, 5.74) is 0. The van der Waals surface area contributed by atoms with Gasteiger partial charge in [-0.3, -0.25) is 9.69 Å². The van der Waals surface area contributed by atoms with Gasteiger partial charge in [-0.2, -0.15) is 0 Å². The molecule has 0 N–H and O–H groups in total.